The number of hydrogen-bond donors (Lipinski definition) is 2. The third kappa shape index (κ3) is 5.74. The molecule has 2 N–H and O–H groups in total. The lowest BCUT2D eigenvalue weighted by molar-refractivity contribution is -0.139. The molecule has 8 heteroatoms. The molecule has 4 rings (SSSR count). The normalized spacial score (nSPS) is 12.2. The van der Waals surface area contributed by atoms with Crippen LogP contribution in [0.2, 0.25) is 5.02 Å². The SMILES string of the molecule is CCC(CC)n1c(Cc2cccs2)nc2cc(C(=O)NC(Cc3ccc(Cl)cc3)C(=O)O)ccc21. The molecule has 6 nitrogen and oxygen atoms in total. The number of rotatable bonds is 10. The van der Waals surface area contributed by atoms with Crippen molar-refractivity contribution in [3.8, 4) is 0 Å². The summed E-state index contributed by atoms with van der Waals surface area (Å²) in [4.78, 5) is 31.0. The number of thiophene rings is 1. The number of fused-ring (bicyclic) bond motifs is 1. The molecule has 0 fully saturated rings. The summed E-state index contributed by atoms with van der Waals surface area (Å²) in [5.41, 5.74) is 2.88. The minimum absolute atomic E-state index is 0.161. The number of carbonyl (C=O) groups excluding carboxylic acids is 1. The second-order valence-electron chi connectivity index (χ2n) is 8.52. The second kappa shape index (κ2) is 11.1. The van der Waals surface area contributed by atoms with Crippen LogP contribution in [-0.2, 0) is 17.6 Å². The summed E-state index contributed by atoms with van der Waals surface area (Å²) in [7, 11) is 0. The number of carboxylic acids is 1. The lowest BCUT2D eigenvalue weighted by Crippen LogP contribution is -2.42. The Morgan fingerprint density at radius 3 is 2.49 bits per heavy atom. The molecule has 1 unspecified atom stereocenters. The predicted molar refractivity (Wildman–Crippen MR) is 141 cm³/mol. The van der Waals surface area contributed by atoms with Gasteiger partial charge in [-0.15, -0.1) is 11.3 Å². The maximum atomic E-state index is 13.0. The molecule has 2 aromatic heterocycles. The number of nitrogens with one attached hydrogen (secondary N) is 1. The molecule has 0 saturated heterocycles. The van der Waals surface area contributed by atoms with E-state index in [0.717, 1.165) is 41.7 Å². The molecule has 182 valence electrons. The zero-order valence-corrected chi connectivity index (χ0v) is 21.3. The minimum Gasteiger partial charge on any atom is -0.480 e. The summed E-state index contributed by atoms with van der Waals surface area (Å²) in [6.07, 6.45) is 2.85. The molecule has 4 aromatic rings. The fourth-order valence-electron chi connectivity index (χ4n) is 4.34. The Morgan fingerprint density at radius 1 is 1.11 bits per heavy atom. The first-order valence-electron chi connectivity index (χ1n) is 11.7. The topological polar surface area (TPSA) is 84.2 Å². The minimum atomic E-state index is -1.09. The molecule has 35 heavy (non-hydrogen) atoms. The molecule has 2 aromatic carbocycles. The van der Waals surface area contributed by atoms with E-state index >= 15 is 0 Å². The van der Waals surface area contributed by atoms with E-state index in [1.54, 1.807) is 47.7 Å². The maximum Gasteiger partial charge on any atom is 0.326 e. The van der Waals surface area contributed by atoms with Crippen LogP contribution in [-0.4, -0.2) is 32.6 Å². The zero-order chi connectivity index (χ0) is 24.9. The van der Waals surface area contributed by atoms with Crippen molar-refractivity contribution in [2.45, 2.75) is 51.6 Å². The van der Waals surface area contributed by atoms with E-state index in [-0.39, 0.29) is 6.42 Å². The van der Waals surface area contributed by atoms with E-state index in [9.17, 15) is 14.7 Å². The van der Waals surface area contributed by atoms with Crippen LogP contribution < -0.4 is 5.32 Å². The Bertz CT molecular complexity index is 1310. The van der Waals surface area contributed by atoms with Crippen molar-refractivity contribution >= 4 is 45.8 Å². The molecule has 0 aliphatic heterocycles. The molecular formula is C27H28ClN3O3S. The summed E-state index contributed by atoms with van der Waals surface area (Å²) in [6, 6.07) is 15.7. The Balaban J connectivity index is 1.61. The molecular weight excluding hydrogens is 482 g/mol. The van der Waals surface area contributed by atoms with Gasteiger partial charge in [0, 0.05) is 34.3 Å². The number of nitrogens with zero attached hydrogens (tertiary/aromatic N) is 2. The third-order valence-electron chi connectivity index (χ3n) is 6.20. The average Bonchev–Trinajstić information content (AvgIpc) is 3.48. The Morgan fingerprint density at radius 2 is 1.86 bits per heavy atom. The van der Waals surface area contributed by atoms with E-state index in [2.05, 4.69) is 35.2 Å². The summed E-state index contributed by atoms with van der Waals surface area (Å²) in [5.74, 6) is -0.560. The highest BCUT2D eigenvalue weighted by molar-refractivity contribution is 7.09. The smallest absolute Gasteiger partial charge is 0.326 e. The van der Waals surface area contributed by atoms with E-state index in [0.29, 0.717) is 16.6 Å². The van der Waals surface area contributed by atoms with Gasteiger partial charge in [0.05, 0.1) is 11.0 Å². The standard InChI is InChI=1S/C27H28ClN3O3S/c1-3-20(4-2)31-24-12-9-18(15-22(24)29-25(31)16-21-6-5-13-35-21)26(32)30-23(27(33)34)14-17-7-10-19(28)11-8-17/h5-13,15,20,23H,3-4,14,16H2,1-2H3,(H,30,32)(H,33,34). The molecule has 0 bridgehead atoms. The molecule has 1 amide bonds. The van der Waals surface area contributed by atoms with Crippen LogP contribution in [0.25, 0.3) is 11.0 Å². The second-order valence-corrected chi connectivity index (χ2v) is 9.99. The highest BCUT2D eigenvalue weighted by atomic mass is 35.5. The fraction of sp³-hybridized carbons (Fsp3) is 0.296. The van der Waals surface area contributed by atoms with Crippen molar-refractivity contribution in [1.29, 1.82) is 0 Å². The highest BCUT2D eigenvalue weighted by Gasteiger charge is 2.23. The number of amides is 1. The summed E-state index contributed by atoms with van der Waals surface area (Å²) in [5, 5.41) is 15.0. The number of benzene rings is 2. The zero-order valence-electron chi connectivity index (χ0n) is 19.7. The first-order valence-corrected chi connectivity index (χ1v) is 13.0. The van der Waals surface area contributed by atoms with Crippen molar-refractivity contribution in [3.63, 3.8) is 0 Å². The first kappa shape index (κ1) is 24.9. The number of aromatic nitrogens is 2. The number of hydrogen-bond acceptors (Lipinski definition) is 4. The average molecular weight is 510 g/mol. The number of imidazole rings is 1. The molecule has 1 atom stereocenters. The van der Waals surface area contributed by atoms with Crippen molar-refractivity contribution < 1.29 is 14.7 Å². The van der Waals surface area contributed by atoms with Crippen molar-refractivity contribution in [2.24, 2.45) is 0 Å². The van der Waals surface area contributed by atoms with Crippen LogP contribution in [0.5, 0.6) is 0 Å². The van der Waals surface area contributed by atoms with Crippen LogP contribution >= 0.6 is 22.9 Å². The van der Waals surface area contributed by atoms with E-state index in [1.165, 1.54) is 4.88 Å². The number of carbonyl (C=O) groups is 2. The molecule has 2 heterocycles. The van der Waals surface area contributed by atoms with Crippen molar-refractivity contribution in [3.05, 3.63) is 86.8 Å². The molecule has 0 aliphatic rings. The van der Waals surface area contributed by atoms with Gasteiger partial charge in [-0.05, 0) is 60.2 Å². The molecule has 0 spiro atoms. The first-order chi connectivity index (χ1) is 16.9. The van der Waals surface area contributed by atoms with Gasteiger partial charge in [0.2, 0.25) is 0 Å². The van der Waals surface area contributed by atoms with Gasteiger partial charge in [-0.3, -0.25) is 4.79 Å². The fourth-order valence-corrected chi connectivity index (χ4v) is 5.17. The van der Waals surface area contributed by atoms with Crippen LogP contribution in [0, 0.1) is 0 Å². The van der Waals surface area contributed by atoms with Gasteiger partial charge in [-0.25, -0.2) is 9.78 Å². The Labute approximate surface area is 213 Å². The van der Waals surface area contributed by atoms with Crippen LogP contribution in [0.15, 0.2) is 60.0 Å². The van der Waals surface area contributed by atoms with Gasteiger partial charge in [-0.1, -0.05) is 43.6 Å². The van der Waals surface area contributed by atoms with Gasteiger partial charge < -0.3 is 15.0 Å². The van der Waals surface area contributed by atoms with Gasteiger partial charge in [-0.2, -0.15) is 0 Å². The Kier molecular flexibility index (Phi) is 7.88. The number of carboxylic acid groups (broad SMARTS) is 1. The molecule has 0 aliphatic carbocycles. The quantitative estimate of drug-likeness (QED) is 0.269. The molecule has 0 radical (unpaired) electrons. The summed E-state index contributed by atoms with van der Waals surface area (Å²) >= 11 is 7.62. The molecule has 0 saturated carbocycles. The maximum absolute atomic E-state index is 13.0. The van der Waals surface area contributed by atoms with Crippen molar-refractivity contribution in [2.75, 3.05) is 0 Å². The van der Waals surface area contributed by atoms with Crippen LogP contribution in [0.4, 0.5) is 0 Å². The highest BCUT2D eigenvalue weighted by Crippen LogP contribution is 2.28. The monoisotopic (exact) mass is 509 g/mol. The number of aliphatic carboxylic acids is 1. The summed E-state index contributed by atoms with van der Waals surface area (Å²) in [6.45, 7) is 4.34. The lowest BCUT2D eigenvalue weighted by atomic mass is 10.1. The van der Waals surface area contributed by atoms with Gasteiger partial charge in [0.25, 0.3) is 5.91 Å². The van der Waals surface area contributed by atoms with Crippen molar-refractivity contribution in [1.82, 2.24) is 14.9 Å². The lowest BCUT2D eigenvalue weighted by Gasteiger charge is -2.19. The van der Waals surface area contributed by atoms with E-state index < -0.39 is 17.9 Å². The Hall–Kier alpha value is -3.16. The van der Waals surface area contributed by atoms with Gasteiger partial charge in [0.1, 0.15) is 11.9 Å². The largest absolute Gasteiger partial charge is 0.480 e. The van der Waals surface area contributed by atoms with E-state index in [4.69, 9.17) is 16.6 Å². The number of halogens is 1. The van der Waals surface area contributed by atoms with Crippen LogP contribution in [0.3, 0.4) is 0 Å². The van der Waals surface area contributed by atoms with Crippen LogP contribution in [0.1, 0.15) is 59.4 Å². The third-order valence-corrected chi connectivity index (χ3v) is 7.33. The predicted octanol–water partition coefficient (Wildman–Crippen LogP) is 6.13. The summed E-state index contributed by atoms with van der Waals surface area (Å²) < 4.78 is 2.29. The van der Waals surface area contributed by atoms with Gasteiger partial charge in [0.15, 0.2) is 0 Å². The van der Waals surface area contributed by atoms with E-state index in [1.807, 2.05) is 12.1 Å². The van der Waals surface area contributed by atoms with Gasteiger partial charge >= 0.3 is 5.97 Å².